The van der Waals surface area contributed by atoms with Gasteiger partial charge in [-0.25, -0.2) is 0 Å². The summed E-state index contributed by atoms with van der Waals surface area (Å²) < 4.78 is 0. The smallest absolute Gasteiger partial charge is 0.221 e. The number of carbonyl (C=O) groups excluding carboxylic acids is 1. The summed E-state index contributed by atoms with van der Waals surface area (Å²) >= 11 is 0. The molecule has 4 nitrogen and oxygen atoms in total. The zero-order valence-electron chi connectivity index (χ0n) is 12.7. The van der Waals surface area contributed by atoms with Crippen LogP contribution in [0.2, 0.25) is 0 Å². The molecule has 0 bridgehead atoms. The van der Waals surface area contributed by atoms with E-state index in [0.29, 0.717) is 25.1 Å². The number of nitriles is 1. The van der Waals surface area contributed by atoms with Crippen molar-refractivity contribution in [1.29, 1.82) is 5.26 Å². The summed E-state index contributed by atoms with van der Waals surface area (Å²) in [6.07, 6.45) is 0.465. The summed E-state index contributed by atoms with van der Waals surface area (Å²) in [6, 6.07) is 7.77. The van der Waals surface area contributed by atoms with Gasteiger partial charge in [0.1, 0.15) is 0 Å². The van der Waals surface area contributed by atoms with Crippen LogP contribution in [0.25, 0.3) is 0 Å². The molecule has 0 atom stereocenters. The van der Waals surface area contributed by atoms with E-state index in [1.807, 2.05) is 45.9 Å². The first-order valence-electron chi connectivity index (χ1n) is 6.83. The van der Waals surface area contributed by atoms with Gasteiger partial charge in [0.2, 0.25) is 5.91 Å². The van der Waals surface area contributed by atoms with E-state index in [9.17, 15) is 4.79 Å². The molecule has 1 aromatic rings. The third-order valence-electron chi connectivity index (χ3n) is 2.83. The Bertz CT molecular complexity index is 509. The van der Waals surface area contributed by atoms with Gasteiger partial charge in [0.25, 0.3) is 0 Å². The Morgan fingerprint density at radius 3 is 2.60 bits per heavy atom. The number of nitrogens with one attached hydrogen (secondary N) is 2. The van der Waals surface area contributed by atoms with Crippen molar-refractivity contribution >= 4 is 5.91 Å². The summed E-state index contributed by atoms with van der Waals surface area (Å²) in [7, 11) is 0. The van der Waals surface area contributed by atoms with Crippen LogP contribution in [0.4, 0.5) is 0 Å². The molecule has 0 heterocycles. The van der Waals surface area contributed by atoms with Crippen LogP contribution in [0.1, 0.15) is 43.9 Å². The third-order valence-corrected chi connectivity index (χ3v) is 2.83. The highest BCUT2D eigenvalue weighted by Crippen LogP contribution is 2.10. The number of hydrogen-bond acceptors (Lipinski definition) is 3. The van der Waals surface area contributed by atoms with E-state index in [1.165, 1.54) is 0 Å². The second kappa shape index (κ2) is 7.06. The van der Waals surface area contributed by atoms with Crippen LogP contribution in [0.3, 0.4) is 0 Å². The number of aryl methyl sites for hydroxylation is 1. The maximum Gasteiger partial charge on any atom is 0.221 e. The van der Waals surface area contributed by atoms with Crippen molar-refractivity contribution in [1.82, 2.24) is 10.6 Å². The van der Waals surface area contributed by atoms with Gasteiger partial charge in [0, 0.05) is 25.0 Å². The van der Waals surface area contributed by atoms with Crippen molar-refractivity contribution in [2.45, 2.75) is 46.2 Å². The molecule has 0 aliphatic heterocycles. The number of carbonyl (C=O) groups is 1. The number of benzene rings is 1. The first-order chi connectivity index (χ1) is 9.31. The average Bonchev–Trinajstić information content (AvgIpc) is 2.33. The number of rotatable bonds is 5. The van der Waals surface area contributed by atoms with Crippen molar-refractivity contribution in [3.05, 3.63) is 34.9 Å². The number of nitrogens with zero attached hydrogens (tertiary/aromatic N) is 1. The first-order valence-corrected chi connectivity index (χ1v) is 6.83. The molecule has 1 amide bonds. The molecule has 20 heavy (non-hydrogen) atoms. The van der Waals surface area contributed by atoms with Gasteiger partial charge < -0.3 is 10.6 Å². The molecule has 2 N–H and O–H groups in total. The van der Waals surface area contributed by atoms with Crippen LogP contribution < -0.4 is 10.6 Å². The molecule has 4 heteroatoms. The van der Waals surface area contributed by atoms with Gasteiger partial charge in [-0.2, -0.15) is 5.26 Å². The van der Waals surface area contributed by atoms with Crippen LogP contribution in [0.15, 0.2) is 18.2 Å². The lowest BCUT2D eigenvalue weighted by Gasteiger charge is -2.20. The van der Waals surface area contributed by atoms with Gasteiger partial charge in [-0.05, 0) is 51.0 Å². The molecule has 0 aliphatic rings. The molecule has 0 unspecified atom stereocenters. The largest absolute Gasteiger partial charge is 0.351 e. The van der Waals surface area contributed by atoms with Gasteiger partial charge in [-0.15, -0.1) is 0 Å². The maximum absolute atomic E-state index is 11.6. The molecule has 1 aromatic carbocycles. The molecule has 0 radical (unpaired) electrons. The third kappa shape index (κ3) is 5.85. The summed E-state index contributed by atoms with van der Waals surface area (Å²) in [5.74, 6) is 0.0570. The summed E-state index contributed by atoms with van der Waals surface area (Å²) in [4.78, 5) is 11.6. The van der Waals surface area contributed by atoms with Crippen molar-refractivity contribution < 1.29 is 4.79 Å². The highest BCUT2D eigenvalue weighted by atomic mass is 16.1. The van der Waals surface area contributed by atoms with Crippen LogP contribution in [-0.2, 0) is 11.3 Å². The van der Waals surface area contributed by atoms with Crippen LogP contribution in [0, 0.1) is 18.3 Å². The van der Waals surface area contributed by atoms with Crippen molar-refractivity contribution in [3.63, 3.8) is 0 Å². The fraction of sp³-hybridized carbons (Fsp3) is 0.500. The Hall–Kier alpha value is -1.86. The van der Waals surface area contributed by atoms with Crippen molar-refractivity contribution in [3.8, 4) is 6.07 Å². The normalized spacial score (nSPS) is 10.9. The minimum absolute atomic E-state index is 0.0570. The Labute approximate surface area is 121 Å². The summed E-state index contributed by atoms with van der Waals surface area (Å²) in [5, 5.41) is 15.0. The Morgan fingerprint density at radius 1 is 1.35 bits per heavy atom. The highest BCUT2D eigenvalue weighted by molar-refractivity contribution is 5.76. The maximum atomic E-state index is 11.6. The molecule has 0 fully saturated rings. The Kier molecular flexibility index (Phi) is 5.72. The predicted molar refractivity (Wildman–Crippen MR) is 80.1 cm³/mol. The monoisotopic (exact) mass is 273 g/mol. The second-order valence-corrected chi connectivity index (χ2v) is 5.98. The van der Waals surface area contributed by atoms with Crippen LogP contribution >= 0.6 is 0 Å². The lowest BCUT2D eigenvalue weighted by atomic mass is 10.1. The van der Waals surface area contributed by atoms with Gasteiger partial charge in [-0.3, -0.25) is 4.79 Å². The minimum Gasteiger partial charge on any atom is -0.351 e. The lowest BCUT2D eigenvalue weighted by Crippen LogP contribution is -2.41. The molecule has 0 aromatic heterocycles. The van der Waals surface area contributed by atoms with Crippen molar-refractivity contribution in [2.75, 3.05) is 6.54 Å². The standard InChI is InChI=1S/C16H23N3O/c1-12-9-13(10-17)5-6-14(12)11-18-8-7-15(20)19-16(2,3)4/h5-6,9,18H,7-8,11H2,1-4H3,(H,19,20). The minimum atomic E-state index is -0.180. The fourth-order valence-corrected chi connectivity index (χ4v) is 1.87. The van der Waals surface area contributed by atoms with E-state index in [1.54, 1.807) is 0 Å². The molecule has 1 rings (SSSR count). The highest BCUT2D eigenvalue weighted by Gasteiger charge is 2.12. The van der Waals surface area contributed by atoms with E-state index in [2.05, 4.69) is 16.7 Å². The van der Waals surface area contributed by atoms with Crippen LogP contribution in [0.5, 0.6) is 0 Å². The number of hydrogen-bond donors (Lipinski definition) is 2. The summed E-state index contributed by atoms with van der Waals surface area (Å²) in [6.45, 7) is 9.25. The SMILES string of the molecule is Cc1cc(C#N)ccc1CNCCC(=O)NC(C)(C)C. The van der Waals surface area contributed by atoms with Crippen LogP contribution in [-0.4, -0.2) is 18.0 Å². The predicted octanol–water partition coefficient (Wildman–Crippen LogP) is 2.26. The van der Waals surface area contributed by atoms with E-state index in [4.69, 9.17) is 5.26 Å². The van der Waals surface area contributed by atoms with E-state index < -0.39 is 0 Å². The second-order valence-electron chi connectivity index (χ2n) is 5.98. The van der Waals surface area contributed by atoms with E-state index in [-0.39, 0.29) is 11.4 Å². The molecule has 0 spiro atoms. The van der Waals surface area contributed by atoms with Gasteiger partial charge >= 0.3 is 0 Å². The fourth-order valence-electron chi connectivity index (χ4n) is 1.87. The lowest BCUT2D eigenvalue weighted by molar-refractivity contribution is -0.122. The van der Waals surface area contributed by atoms with E-state index >= 15 is 0 Å². The average molecular weight is 273 g/mol. The topological polar surface area (TPSA) is 64.9 Å². The zero-order chi connectivity index (χ0) is 15.2. The first kappa shape index (κ1) is 16.2. The molecule has 0 aliphatic carbocycles. The van der Waals surface area contributed by atoms with Gasteiger partial charge in [0.05, 0.1) is 11.6 Å². The zero-order valence-corrected chi connectivity index (χ0v) is 12.7. The Morgan fingerprint density at radius 2 is 2.05 bits per heavy atom. The Balaban J connectivity index is 2.35. The molecular weight excluding hydrogens is 250 g/mol. The quantitative estimate of drug-likeness (QED) is 0.809. The number of amides is 1. The molecule has 108 valence electrons. The van der Waals surface area contributed by atoms with Crippen molar-refractivity contribution in [2.24, 2.45) is 0 Å². The van der Waals surface area contributed by atoms with Gasteiger partial charge in [-0.1, -0.05) is 6.07 Å². The van der Waals surface area contributed by atoms with E-state index in [0.717, 1.165) is 11.1 Å². The molecular formula is C16H23N3O. The molecule has 0 saturated carbocycles. The van der Waals surface area contributed by atoms with Gasteiger partial charge in [0.15, 0.2) is 0 Å². The summed E-state index contributed by atoms with van der Waals surface area (Å²) in [5.41, 5.74) is 2.74. The molecule has 0 saturated heterocycles.